The number of rotatable bonds is 0. The highest BCUT2D eigenvalue weighted by Crippen LogP contribution is 2.53. The Labute approximate surface area is 113 Å². The van der Waals surface area contributed by atoms with Crippen LogP contribution in [-0.2, 0) is 14.3 Å². The number of ketones is 1. The lowest BCUT2D eigenvalue weighted by atomic mass is 9.76. The van der Waals surface area contributed by atoms with Gasteiger partial charge < -0.3 is 9.84 Å². The van der Waals surface area contributed by atoms with Gasteiger partial charge in [-0.3, -0.25) is 9.59 Å². The van der Waals surface area contributed by atoms with Crippen molar-refractivity contribution in [3.8, 4) is 0 Å². The van der Waals surface area contributed by atoms with Gasteiger partial charge in [0, 0.05) is 30.1 Å². The molecule has 0 spiro atoms. The molecule has 0 unspecified atom stereocenters. The summed E-state index contributed by atoms with van der Waals surface area (Å²) in [6.45, 7) is 5.66. The molecule has 1 heterocycles. The maximum Gasteiger partial charge on any atom is 0.309 e. The van der Waals surface area contributed by atoms with Crippen molar-refractivity contribution in [1.82, 2.24) is 0 Å². The minimum atomic E-state index is -0.818. The van der Waals surface area contributed by atoms with Crippen molar-refractivity contribution in [1.29, 1.82) is 0 Å². The summed E-state index contributed by atoms with van der Waals surface area (Å²) in [6, 6.07) is 0. The highest BCUT2D eigenvalue weighted by molar-refractivity contribution is 5.84. The van der Waals surface area contributed by atoms with Crippen LogP contribution in [0.1, 0.15) is 40.0 Å². The van der Waals surface area contributed by atoms with Crippen LogP contribution < -0.4 is 0 Å². The molecule has 0 aromatic carbocycles. The third kappa shape index (κ3) is 1.76. The second-order valence-corrected chi connectivity index (χ2v) is 6.89. The first-order chi connectivity index (χ1) is 8.83. The second kappa shape index (κ2) is 4.05. The topological polar surface area (TPSA) is 63.6 Å². The van der Waals surface area contributed by atoms with Crippen molar-refractivity contribution in [2.45, 2.75) is 51.7 Å². The van der Waals surface area contributed by atoms with Gasteiger partial charge in [-0.15, -0.1) is 0 Å². The van der Waals surface area contributed by atoms with Crippen LogP contribution in [0, 0.1) is 29.6 Å². The van der Waals surface area contributed by atoms with E-state index in [2.05, 4.69) is 0 Å². The number of aliphatic hydroxyl groups is 1. The first-order valence-corrected chi connectivity index (χ1v) is 7.28. The van der Waals surface area contributed by atoms with Crippen LogP contribution in [0.15, 0.2) is 0 Å². The summed E-state index contributed by atoms with van der Waals surface area (Å²) in [7, 11) is 0. The lowest BCUT2D eigenvalue weighted by Crippen LogP contribution is -2.40. The number of Topliss-reactive ketones (excluding diaryl/α,β-unsaturated/α-hetero) is 1. The number of esters is 1. The van der Waals surface area contributed by atoms with E-state index in [-0.39, 0.29) is 47.4 Å². The Hall–Kier alpha value is -0.900. The smallest absolute Gasteiger partial charge is 0.309 e. The minimum Gasteiger partial charge on any atom is -0.461 e. The molecule has 3 rings (SSSR count). The summed E-state index contributed by atoms with van der Waals surface area (Å²) in [5, 5.41) is 10.7. The Morgan fingerprint density at radius 3 is 2.63 bits per heavy atom. The van der Waals surface area contributed by atoms with Crippen LogP contribution in [0.4, 0.5) is 0 Å². The molecular weight excluding hydrogens is 244 g/mol. The molecule has 0 radical (unpaired) electrons. The standard InChI is InChI=1S/C15H22O4/c1-7-9-4-5-15(3,18)10-6-11(16)8(2)12(10)13(9)19-14(7)17/h7-10,12-13,18H,4-6H2,1-3H3/t7-,8+,9-,10+,12-,13-,15+/m0/s1. The number of carbonyl (C=O) groups is 2. The van der Waals surface area contributed by atoms with Crippen molar-refractivity contribution in [2.75, 3.05) is 0 Å². The Kier molecular flexibility index (Phi) is 2.79. The summed E-state index contributed by atoms with van der Waals surface area (Å²) in [5.74, 6) is -0.0784. The molecule has 19 heavy (non-hydrogen) atoms. The summed E-state index contributed by atoms with van der Waals surface area (Å²) in [4.78, 5) is 23.9. The van der Waals surface area contributed by atoms with Gasteiger partial charge >= 0.3 is 5.97 Å². The zero-order valence-corrected chi connectivity index (χ0v) is 11.8. The monoisotopic (exact) mass is 266 g/mol. The van der Waals surface area contributed by atoms with E-state index in [1.54, 1.807) is 0 Å². The Balaban J connectivity index is 2.00. The molecule has 7 atom stereocenters. The molecule has 1 saturated heterocycles. The molecule has 3 aliphatic rings. The predicted molar refractivity (Wildman–Crippen MR) is 68.2 cm³/mol. The molecule has 0 aromatic heterocycles. The Bertz CT molecular complexity index is 428. The van der Waals surface area contributed by atoms with Gasteiger partial charge in [-0.05, 0) is 19.8 Å². The van der Waals surface area contributed by atoms with Gasteiger partial charge in [0.15, 0.2) is 0 Å². The number of ether oxygens (including phenoxy) is 1. The number of fused-ring (bicyclic) bond motifs is 3. The Morgan fingerprint density at radius 2 is 1.95 bits per heavy atom. The fourth-order valence-electron chi connectivity index (χ4n) is 4.46. The van der Waals surface area contributed by atoms with Gasteiger partial charge in [0.2, 0.25) is 0 Å². The number of hydrogen-bond acceptors (Lipinski definition) is 4. The molecule has 4 heteroatoms. The minimum absolute atomic E-state index is 0.0103. The maximum absolute atomic E-state index is 12.0. The van der Waals surface area contributed by atoms with E-state index in [0.29, 0.717) is 12.8 Å². The van der Waals surface area contributed by atoms with E-state index in [0.717, 1.165) is 6.42 Å². The largest absolute Gasteiger partial charge is 0.461 e. The van der Waals surface area contributed by atoms with Crippen LogP contribution in [0.3, 0.4) is 0 Å². The third-order valence-electron chi connectivity index (χ3n) is 5.82. The molecule has 2 saturated carbocycles. The quantitative estimate of drug-likeness (QED) is 0.676. The summed E-state index contributed by atoms with van der Waals surface area (Å²) < 4.78 is 5.58. The lowest BCUT2D eigenvalue weighted by Gasteiger charge is -2.34. The predicted octanol–water partition coefficient (Wildman–Crippen LogP) is 1.55. The molecule has 106 valence electrons. The molecular formula is C15H22O4. The van der Waals surface area contributed by atoms with E-state index in [4.69, 9.17) is 4.74 Å². The second-order valence-electron chi connectivity index (χ2n) is 6.89. The van der Waals surface area contributed by atoms with E-state index in [1.165, 1.54) is 0 Å². The molecule has 0 amide bonds. The normalized spacial score (nSPS) is 53.5. The van der Waals surface area contributed by atoms with Crippen molar-refractivity contribution >= 4 is 11.8 Å². The Morgan fingerprint density at radius 1 is 1.26 bits per heavy atom. The highest BCUT2D eigenvalue weighted by atomic mass is 16.6. The van der Waals surface area contributed by atoms with E-state index in [1.807, 2.05) is 20.8 Å². The molecule has 0 bridgehead atoms. The van der Waals surface area contributed by atoms with Crippen LogP contribution in [0.5, 0.6) is 0 Å². The number of carbonyl (C=O) groups excluding carboxylic acids is 2. The average molecular weight is 266 g/mol. The average Bonchev–Trinajstić information content (AvgIpc) is 2.74. The van der Waals surface area contributed by atoms with Crippen molar-refractivity contribution in [3.63, 3.8) is 0 Å². The van der Waals surface area contributed by atoms with E-state index < -0.39 is 5.60 Å². The van der Waals surface area contributed by atoms with Gasteiger partial charge in [0.1, 0.15) is 11.9 Å². The fourth-order valence-corrected chi connectivity index (χ4v) is 4.46. The lowest BCUT2D eigenvalue weighted by molar-refractivity contribution is -0.148. The van der Waals surface area contributed by atoms with Gasteiger partial charge in [-0.2, -0.15) is 0 Å². The van der Waals surface area contributed by atoms with Gasteiger partial charge in [-0.1, -0.05) is 13.8 Å². The van der Waals surface area contributed by atoms with E-state index >= 15 is 0 Å². The molecule has 1 aliphatic heterocycles. The first kappa shape index (κ1) is 13.1. The number of hydrogen-bond donors (Lipinski definition) is 1. The first-order valence-electron chi connectivity index (χ1n) is 7.28. The summed E-state index contributed by atoms with van der Waals surface area (Å²) in [6.07, 6.45) is 1.70. The van der Waals surface area contributed by atoms with Gasteiger partial charge in [0.25, 0.3) is 0 Å². The van der Waals surface area contributed by atoms with Gasteiger partial charge in [0.05, 0.1) is 11.5 Å². The van der Waals surface area contributed by atoms with Crippen molar-refractivity contribution in [2.24, 2.45) is 29.6 Å². The zero-order valence-electron chi connectivity index (χ0n) is 11.8. The third-order valence-corrected chi connectivity index (χ3v) is 5.82. The maximum atomic E-state index is 12.0. The fraction of sp³-hybridized carbons (Fsp3) is 0.867. The molecule has 4 nitrogen and oxygen atoms in total. The molecule has 0 aromatic rings. The van der Waals surface area contributed by atoms with Crippen LogP contribution in [-0.4, -0.2) is 28.6 Å². The molecule has 2 aliphatic carbocycles. The molecule has 1 N–H and O–H groups in total. The van der Waals surface area contributed by atoms with Crippen LogP contribution >= 0.6 is 0 Å². The zero-order chi connectivity index (χ0) is 13.9. The van der Waals surface area contributed by atoms with Crippen molar-refractivity contribution in [3.05, 3.63) is 0 Å². The van der Waals surface area contributed by atoms with Gasteiger partial charge in [-0.25, -0.2) is 0 Å². The summed E-state index contributed by atoms with van der Waals surface area (Å²) in [5.41, 5.74) is -0.818. The SMILES string of the molecule is C[C@@H]1C(=O)O[C@H]2[C@H]1CC[C@@](C)(O)[C@@H]1CC(=O)[C@@H](C)[C@H]21. The van der Waals surface area contributed by atoms with E-state index in [9.17, 15) is 14.7 Å². The summed E-state index contributed by atoms with van der Waals surface area (Å²) >= 11 is 0. The van der Waals surface area contributed by atoms with Crippen molar-refractivity contribution < 1.29 is 19.4 Å². The van der Waals surface area contributed by atoms with Crippen LogP contribution in [0.25, 0.3) is 0 Å². The van der Waals surface area contributed by atoms with Crippen LogP contribution in [0.2, 0.25) is 0 Å². The highest BCUT2D eigenvalue weighted by Gasteiger charge is 2.59. The molecule has 3 fully saturated rings.